The van der Waals surface area contributed by atoms with Crippen LogP contribution in [0.2, 0.25) is 0 Å². The highest BCUT2D eigenvalue weighted by Crippen LogP contribution is 2.22. The molecule has 0 fully saturated rings. The highest BCUT2D eigenvalue weighted by atomic mass is 35.5. The monoisotopic (exact) mass is 337 g/mol. The first kappa shape index (κ1) is 16.7. The Labute approximate surface area is 135 Å². The number of rotatable bonds is 6. The van der Waals surface area contributed by atoms with Gasteiger partial charge in [0.25, 0.3) is 0 Å². The molecular formula is C16H16ClNO3S. The predicted molar refractivity (Wildman–Crippen MR) is 85.9 cm³/mol. The third-order valence-corrected chi connectivity index (χ3v) is 5.54. The Morgan fingerprint density at radius 3 is 2.05 bits per heavy atom. The molecule has 1 unspecified atom stereocenters. The maximum Gasteiger partial charge on any atom is 0.244 e. The summed E-state index contributed by atoms with van der Waals surface area (Å²) in [5, 5.41) is -0.713. The van der Waals surface area contributed by atoms with Gasteiger partial charge < -0.3 is 0 Å². The summed E-state index contributed by atoms with van der Waals surface area (Å²) in [6.07, 6.45) is 0. The summed E-state index contributed by atoms with van der Waals surface area (Å²) < 4.78 is 26.7. The van der Waals surface area contributed by atoms with Crippen molar-refractivity contribution in [1.29, 1.82) is 0 Å². The Kier molecular flexibility index (Phi) is 5.34. The van der Waals surface area contributed by atoms with Crippen LogP contribution in [0.1, 0.15) is 12.5 Å². The van der Waals surface area contributed by atoms with Gasteiger partial charge in [-0.05, 0) is 36.2 Å². The number of benzene rings is 2. The molecule has 0 N–H and O–H groups in total. The average Bonchev–Trinajstić information content (AvgIpc) is 2.53. The Balaban J connectivity index is 2.42. The van der Waals surface area contributed by atoms with Gasteiger partial charge in [0, 0.05) is 6.54 Å². The molecular weight excluding hydrogens is 322 g/mol. The summed E-state index contributed by atoms with van der Waals surface area (Å²) in [6, 6.07) is 16.1. The van der Waals surface area contributed by atoms with E-state index in [1.165, 1.54) is 19.1 Å². The minimum Gasteiger partial charge on any atom is -0.279 e. The number of sulfonamides is 1. The van der Waals surface area contributed by atoms with Crippen LogP contribution in [0.3, 0.4) is 0 Å². The molecule has 0 saturated heterocycles. The molecule has 0 heterocycles. The molecule has 0 aliphatic carbocycles. The van der Waals surface area contributed by atoms with Crippen molar-refractivity contribution in [3.8, 4) is 0 Å². The van der Waals surface area contributed by atoms with Crippen molar-refractivity contribution in [1.82, 2.24) is 4.31 Å². The van der Waals surface area contributed by atoms with Crippen LogP contribution in [-0.4, -0.2) is 24.0 Å². The van der Waals surface area contributed by atoms with Gasteiger partial charge in [-0.3, -0.25) is 4.79 Å². The Bertz CT molecular complexity index is 733. The molecule has 0 saturated carbocycles. The first-order valence-electron chi connectivity index (χ1n) is 6.73. The van der Waals surface area contributed by atoms with Crippen LogP contribution in [0.15, 0.2) is 65.6 Å². The Morgan fingerprint density at radius 1 is 1.05 bits per heavy atom. The fraction of sp³-hybridized carbons (Fsp3) is 0.188. The van der Waals surface area contributed by atoms with Crippen molar-refractivity contribution in [3.63, 3.8) is 0 Å². The molecule has 2 rings (SSSR count). The molecule has 0 spiro atoms. The molecule has 0 bridgehead atoms. The summed E-state index contributed by atoms with van der Waals surface area (Å²) in [7, 11) is -3.82. The first-order valence-corrected chi connectivity index (χ1v) is 8.55. The normalized spacial score (nSPS) is 13.0. The van der Waals surface area contributed by atoms with Gasteiger partial charge in [-0.25, -0.2) is 8.42 Å². The molecule has 4 nitrogen and oxygen atoms in total. The third-order valence-electron chi connectivity index (χ3n) is 3.29. The van der Waals surface area contributed by atoms with Gasteiger partial charge in [0.1, 0.15) is 0 Å². The van der Waals surface area contributed by atoms with E-state index in [0.29, 0.717) is 0 Å². The zero-order chi connectivity index (χ0) is 16.2. The number of carbonyl (C=O) groups is 1. The molecule has 1 atom stereocenters. The van der Waals surface area contributed by atoms with Gasteiger partial charge in [-0.1, -0.05) is 48.5 Å². The smallest absolute Gasteiger partial charge is 0.244 e. The van der Waals surface area contributed by atoms with Crippen LogP contribution in [0.25, 0.3) is 0 Å². The lowest BCUT2D eigenvalue weighted by Crippen LogP contribution is -2.41. The van der Waals surface area contributed by atoms with Crippen LogP contribution < -0.4 is 0 Å². The van der Waals surface area contributed by atoms with E-state index in [0.717, 1.165) is 9.87 Å². The highest BCUT2D eigenvalue weighted by Gasteiger charge is 2.32. The SMILES string of the molecule is CC(C(=O)Cl)N(Cc1ccccc1)S(=O)(=O)c1ccccc1. The first-order chi connectivity index (χ1) is 10.4. The zero-order valence-electron chi connectivity index (χ0n) is 12.0. The third kappa shape index (κ3) is 3.74. The predicted octanol–water partition coefficient (Wildman–Crippen LogP) is 3.03. The topological polar surface area (TPSA) is 54.5 Å². The summed E-state index contributed by atoms with van der Waals surface area (Å²) in [5.74, 6) is 0. The molecule has 2 aromatic rings. The fourth-order valence-corrected chi connectivity index (χ4v) is 3.81. The van der Waals surface area contributed by atoms with Crippen molar-refractivity contribution in [2.75, 3.05) is 0 Å². The number of hydrogen-bond acceptors (Lipinski definition) is 3. The maximum atomic E-state index is 12.8. The van der Waals surface area contributed by atoms with Gasteiger partial charge in [0.15, 0.2) is 0 Å². The highest BCUT2D eigenvalue weighted by molar-refractivity contribution is 7.89. The van der Waals surface area contributed by atoms with Gasteiger partial charge in [-0.15, -0.1) is 0 Å². The molecule has 0 amide bonds. The molecule has 22 heavy (non-hydrogen) atoms. The van der Waals surface area contributed by atoms with Crippen molar-refractivity contribution >= 4 is 26.9 Å². The summed E-state index contributed by atoms with van der Waals surface area (Å²) in [6.45, 7) is 1.57. The standard InChI is InChI=1S/C16H16ClNO3S/c1-13(16(17)19)18(12-14-8-4-2-5-9-14)22(20,21)15-10-6-3-7-11-15/h2-11,13H,12H2,1H3. The fourth-order valence-electron chi connectivity index (χ4n) is 2.03. The Morgan fingerprint density at radius 2 is 1.55 bits per heavy atom. The quantitative estimate of drug-likeness (QED) is 0.761. The number of halogens is 1. The average molecular weight is 338 g/mol. The van der Waals surface area contributed by atoms with E-state index in [9.17, 15) is 13.2 Å². The minimum atomic E-state index is -3.82. The van der Waals surface area contributed by atoms with Gasteiger partial charge in [0.2, 0.25) is 15.3 Å². The van der Waals surface area contributed by atoms with E-state index < -0.39 is 21.3 Å². The maximum absolute atomic E-state index is 12.8. The molecule has 2 aromatic carbocycles. The van der Waals surface area contributed by atoms with Crippen molar-refractivity contribution in [3.05, 3.63) is 66.2 Å². The second-order valence-corrected chi connectivity index (χ2v) is 7.09. The van der Waals surface area contributed by atoms with E-state index in [1.54, 1.807) is 30.3 Å². The van der Waals surface area contributed by atoms with Crippen LogP contribution >= 0.6 is 11.6 Å². The molecule has 0 aliphatic rings. The lowest BCUT2D eigenvalue weighted by molar-refractivity contribution is -0.114. The lowest BCUT2D eigenvalue weighted by atomic mass is 10.2. The van der Waals surface area contributed by atoms with E-state index in [4.69, 9.17) is 11.6 Å². The summed E-state index contributed by atoms with van der Waals surface area (Å²) >= 11 is 5.54. The number of hydrogen-bond donors (Lipinski definition) is 0. The van der Waals surface area contributed by atoms with Crippen LogP contribution in [-0.2, 0) is 21.4 Å². The molecule has 0 radical (unpaired) electrons. The van der Waals surface area contributed by atoms with Crippen molar-refractivity contribution in [2.45, 2.75) is 24.4 Å². The van der Waals surface area contributed by atoms with Gasteiger partial charge >= 0.3 is 0 Å². The van der Waals surface area contributed by atoms with E-state index in [-0.39, 0.29) is 11.4 Å². The minimum absolute atomic E-state index is 0.0810. The van der Waals surface area contributed by atoms with E-state index in [1.807, 2.05) is 18.2 Å². The molecule has 0 aliphatic heterocycles. The van der Waals surface area contributed by atoms with Crippen molar-refractivity contribution < 1.29 is 13.2 Å². The molecule has 0 aromatic heterocycles. The van der Waals surface area contributed by atoms with Gasteiger partial charge in [0.05, 0.1) is 10.9 Å². The van der Waals surface area contributed by atoms with Crippen LogP contribution in [0.4, 0.5) is 0 Å². The van der Waals surface area contributed by atoms with Crippen LogP contribution in [0.5, 0.6) is 0 Å². The second kappa shape index (κ2) is 7.05. The van der Waals surface area contributed by atoms with E-state index in [2.05, 4.69) is 0 Å². The van der Waals surface area contributed by atoms with Gasteiger partial charge in [-0.2, -0.15) is 4.31 Å². The number of carbonyl (C=O) groups excluding carboxylic acids is 1. The summed E-state index contributed by atoms with van der Waals surface area (Å²) in [5.41, 5.74) is 0.784. The largest absolute Gasteiger partial charge is 0.279 e. The summed E-state index contributed by atoms with van der Waals surface area (Å²) in [4.78, 5) is 11.6. The van der Waals surface area contributed by atoms with E-state index >= 15 is 0 Å². The molecule has 116 valence electrons. The second-order valence-electron chi connectivity index (χ2n) is 4.83. The van der Waals surface area contributed by atoms with Crippen molar-refractivity contribution in [2.24, 2.45) is 0 Å². The number of nitrogens with zero attached hydrogens (tertiary/aromatic N) is 1. The zero-order valence-corrected chi connectivity index (χ0v) is 13.6. The lowest BCUT2D eigenvalue weighted by Gasteiger charge is -2.26. The Hall–Kier alpha value is -1.69. The van der Waals surface area contributed by atoms with Crippen LogP contribution in [0, 0.1) is 0 Å². The molecule has 6 heteroatoms.